The van der Waals surface area contributed by atoms with Crippen LogP contribution < -0.4 is 0 Å². The van der Waals surface area contributed by atoms with Crippen LogP contribution in [0, 0.1) is 11.3 Å². The second-order valence-electron chi connectivity index (χ2n) is 11.7. The van der Waals surface area contributed by atoms with Crippen LogP contribution in [0.5, 0.6) is 0 Å². The van der Waals surface area contributed by atoms with Crippen molar-refractivity contribution in [1.82, 2.24) is 9.80 Å². The van der Waals surface area contributed by atoms with E-state index in [0.29, 0.717) is 57.2 Å². The molecule has 1 amide bonds. The van der Waals surface area contributed by atoms with E-state index in [-0.39, 0.29) is 30.4 Å². The molecule has 2 heterocycles. The van der Waals surface area contributed by atoms with Crippen molar-refractivity contribution in [1.29, 1.82) is 0 Å². The lowest BCUT2D eigenvalue weighted by Gasteiger charge is -2.42. The fraction of sp³-hybridized carbons (Fsp3) is 0.733. The third-order valence-corrected chi connectivity index (χ3v) is 9.12. The van der Waals surface area contributed by atoms with E-state index in [1.54, 1.807) is 11.0 Å². The van der Waals surface area contributed by atoms with Gasteiger partial charge in [0.1, 0.15) is 0 Å². The van der Waals surface area contributed by atoms with Crippen molar-refractivity contribution in [2.24, 2.45) is 11.3 Å². The Morgan fingerprint density at radius 1 is 1.15 bits per heavy atom. The van der Waals surface area contributed by atoms with Gasteiger partial charge in [0.15, 0.2) is 0 Å². The summed E-state index contributed by atoms with van der Waals surface area (Å²) in [5.74, 6) is -0.00268. The molecule has 2 fully saturated rings. The lowest BCUT2D eigenvalue weighted by atomic mass is 9.73. The van der Waals surface area contributed by atoms with Crippen molar-refractivity contribution in [3.05, 3.63) is 34.9 Å². The highest BCUT2D eigenvalue weighted by Crippen LogP contribution is 2.48. The molecule has 0 bridgehead atoms. The zero-order valence-corrected chi connectivity index (χ0v) is 23.5. The van der Waals surface area contributed by atoms with Gasteiger partial charge >= 0.3 is 12.1 Å². The van der Waals surface area contributed by atoms with Crippen LogP contribution >= 0.6 is 0 Å². The Labute approximate surface area is 230 Å². The van der Waals surface area contributed by atoms with Crippen molar-refractivity contribution in [3.63, 3.8) is 0 Å². The first kappa shape index (κ1) is 29.8. The molecule has 2 aliphatic heterocycles. The number of fused-ring (bicyclic) bond motifs is 1. The number of halogens is 3. The normalized spacial score (nSPS) is 24.3. The molecule has 4 rings (SSSR count). The SMILES string of the molecule is CCOC(=O)CCCN(C1CCOCC1)[C@@H]1CC[C@@](C(=O)N2CCc3ccc(C(F)(F)F)cc3C2)(C(C)C)C1. The van der Waals surface area contributed by atoms with Gasteiger partial charge < -0.3 is 14.4 Å². The van der Waals surface area contributed by atoms with Gasteiger partial charge in [-0.25, -0.2) is 0 Å². The Morgan fingerprint density at radius 3 is 2.56 bits per heavy atom. The summed E-state index contributed by atoms with van der Waals surface area (Å²) in [5, 5.41) is 0. The number of benzene rings is 1. The summed E-state index contributed by atoms with van der Waals surface area (Å²) in [7, 11) is 0. The van der Waals surface area contributed by atoms with Gasteiger partial charge in [0.05, 0.1) is 17.6 Å². The Kier molecular flexibility index (Phi) is 9.63. The minimum absolute atomic E-state index is 0.0708. The van der Waals surface area contributed by atoms with Crippen LogP contribution in [0.3, 0.4) is 0 Å². The summed E-state index contributed by atoms with van der Waals surface area (Å²) in [5.41, 5.74) is 0.279. The first-order valence-corrected chi connectivity index (χ1v) is 14.5. The van der Waals surface area contributed by atoms with E-state index in [2.05, 4.69) is 18.7 Å². The van der Waals surface area contributed by atoms with E-state index >= 15 is 0 Å². The number of ether oxygens (including phenoxy) is 2. The zero-order chi connectivity index (χ0) is 28.2. The van der Waals surface area contributed by atoms with Crippen molar-refractivity contribution in [3.8, 4) is 0 Å². The summed E-state index contributed by atoms with van der Waals surface area (Å²) in [4.78, 5) is 30.5. The van der Waals surface area contributed by atoms with Crippen LogP contribution in [0.4, 0.5) is 13.2 Å². The molecule has 9 heteroatoms. The maximum absolute atomic E-state index is 14.2. The highest BCUT2D eigenvalue weighted by atomic mass is 19.4. The molecule has 0 unspecified atom stereocenters. The first-order valence-electron chi connectivity index (χ1n) is 14.5. The number of nitrogens with zero attached hydrogens (tertiary/aromatic N) is 2. The average molecular weight is 553 g/mol. The number of hydrogen-bond acceptors (Lipinski definition) is 5. The topological polar surface area (TPSA) is 59.1 Å². The molecular formula is C30H43F3N2O4. The number of amides is 1. The molecule has 39 heavy (non-hydrogen) atoms. The second kappa shape index (κ2) is 12.6. The lowest BCUT2D eigenvalue weighted by Crippen LogP contribution is -2.50. The van der Waals surface area contributed by atoms with Crippen molar-refractivity contribution in [2.75, 3.05) is 32.9 Å². The van der Waals surface area contributed by atoms with Gasteiger partial charge in [-0.15, -0.1) is 0 Å². The largest absolute Gasteiger partial charge is 0.466 e. The van der Waals surface area contributed by atoms with E-state index in [1.165, 1.54) is 6.07 Å². The molecule has 0 aromatic heterocycles. The minimum atomic E-state index is -4.40. The van der Waals surface area contributed by atoms with Crippen LogP contribution in [0.25, 0.3) is 0 Å². The Bertz CT molecular complexity index is 1010. The van der Waals surface area contributed by atoms with Crippen molar-refractivity contribution < 1.29 is 32.2 Å². The van der Waals surface area contributed by atoms with E-state index in [4.69, 9.17) is 9.47 Å². The molecule has 2 atom stereocenters. The maximum Gasteiger partial charge on any atom is 0.416 e. The fourth-order valence-electron chi connectivity index (χ4n) is 6.84. The quantitative estimate of drug-likeness (QED) is 0.373. The summed E-state index contributed by atoms with van der Waals surface area (Å²) in [6.07, 6.45) is 1.50. The second-order valence-corrected chi connectivity index (χ2v) is 11.7. The first-order chi connectivity index (χ1) is 18.5. The lowest BCUT2D eigenvalue weighted by molar-refractivity contribution is -0.146. The van der Waals surface area contributed by atoms with Crippen LogP contribution in [-0.2, 0) is 38.2 Å². The molecule has 0 spiro atoms. The summed E-state index contributed by atoms with van der Waals surface area (Å²) >= 11 is 0. The van der Waals surface area contributed by atoms with Gasteiger partial charge in [0, 0.05) is 44.8 Å². The van der Waals surface area contributed by atoms with Gasteiger partial charge in [-0.2, -0.15) is 13.2 Å². The average Bonchev–Trinajstić information content (AvgIpc) is 3.37. The molecule has 218 valence electrons. The van der Waals surface area contributed by atoms with Crippen LogP contribution in [0.1, 0.15) is 82.4 Å². The number of carbonyl (C=O) groups is 2. The van der Waals surface area contributed by atoms with Gasteiger partial charge in [-0.3, -0.25) is 14.5 Å². The van der Waals surface area contributed by atoms with E-state index in [1.807, 2.05) is 6.92 Å². The van der Waals surface area contributed by atoms with Crippen molar-refractivity contribution >= 4 is 11.9 Å². The highest BCUT2D eigenvalue weighted by Gasteiger charge is 2.51. The molecule has 3 aliphatic rings. The van der Waals surface area contributed by atoms with Crippen LogP contribution in [0.15, 0.2) is 18.2 Å². The van der Waals surface area contributed by atoms with Gasteiger partial charge in [-0.1, -0.05) is 19.9 Å². The molecule has 1 aromatic rings. The van der Waals surface area contributed by atoms with Gasteiger partial charge in [0.25, 0.3) is 0 Å². The number of esters is 1. The molecule has 6 nitrogen and oxygen atoms in total. The number of alkyl halides is 3. The van der Waals surface area contributed by atoms with Gasteiger partial charge in [-0.05, 0) is 87.6 Å². The predicted molar refractivity (Wildman–Crippen MR) is 142 cm³/mol. The molecule has 1 aliphatic carbocycles. The van der Waals surface area contributed by atoms with E-state index < -0.39 is 17.2 Å². The van der Waals surface area contributed by atoms with Crippen molar-refractivity contribution in [2.45, 2.75) is 96.9 Å². The Balaban J connectivity index is 1.49. The maximum atomic E-state index is 14.2. The monoisotopic (exact) mass is 552 g/mol. The fourth-order valence-corrected chi connectivity index (χ4v) is 6.84. The molecule has 1 aromatic carbocycles. The molecule has 1 saturated carbocycles. The molecular weight excluding hydrogens is 509 g/mol. The standard InChI is InChI=1S/C30H43F3N2O4/c1-4-39-27(36)6-5-14-35(25-11-16-38-17-12-25)26-9-13-29(19-26,21(2)3)28(37)34-15-10-22-7-8-24(30(31,32)33)18-23(22)20-34/h7-8,18,21,25-26H,4-6,9-17,19-20H2,1-3H3/t26-,29+/m1/s1. The smallest absolute Gasteiger partial charge is 0.416 e. The summed E-state index contributed by atoms with van der Waals surface area (Å²) in [6.45, 7) is 9.33. The minimum Gasteiger partial charge on any atom is -0.466 e. The summed E-state index contributed by atoms with van der Waals surface area (Å²) in [6, 6.07) is 4.49. The van der Waals surface area contributed by atoms with E-state index in [0.717, 1.165) is 50.3 Å². The van der Waals surface area contributed by atoms with Crippen LogP contribution in [0.2, 0.25) is 0 Å². The number of rotatable bonds is 9. The third kappa shape index (κ3) is 6.79. The molecule has 0 radical (unpaired) electrons. The number of hydrogen-bond donors (Lipinski definition) is 0. The number of carbonyl (C=O) groups excluding carboxylic acids is 2. The Hall–Kier alpha value is -2.13. The molecule has 0 N–H and O–H groups in total. The van der Waals surface area contributed by atoms with Crippen LogP contribution in [-0.4, -0.2) is 66.7 Å². The molecule has 1 saturated heterocycles. The highest BCUT2D eigenvalue weighted by molar-refractivity contribution is 5.84. The Morgan fingerprint density at radius 2 is 1.90 bits per heavy atom. The summed E-state index contributed by atoms with van der Waals surface area (Å²) < 4.78 is 50.8. The van der Waals surface area contributed by atoms with E-state index in [9.17, 15) is 22.8 Å². The predicted octanol–water partition coefficient (Wildman–Crippen LogP) is 5.61. The zero-order valence-electron chi connectivity index (χ0n) is 23.5. The third-order valence-electron chi connectivity index (χ3n) is 9.12. The van der Waals surface area contributed by atoms with Gasteiger partial charge in [0.2, 0.25) is 5.91 Å².